The molecule has 1 aliphatic carbocycles. The largest absolute Gasteiger partial charge is 0.393 e. The van der Waals surface area contributed by atoms with E-state index in [1.54, 1.807) is 0 Å². The molecule has 2 rings (SSSR count). The van der Waals surface area contributed by atoms with Crippen LogP contribution in [-0.4, -0.2) is 24.3 Å². The van der Waals surface area contributed by atoms with Crippen molar-refractivity contribution in [1.82, 2.24) is 5.32 Å². The van der Waals surface area contributed by atoms with Gasteiger partial charge in [-0.3, -0.25) is 0 Å². The van der Waals surface area contributed by atoms with Gasteiger partial charge in [-0.15, -0.1) is 0 Å². The first-order valence-corrected chi connectivity index (χ1v) is 4.23. The van der Waals surface area contributed by atoms with Gasteiger partial charge in [-0.05, 0) is 44.2 Å². The summed E-state index contributed by atoms with van der Waals surface area (Å²) < 4.78 is 0. The van der Waals surface area contributed by atoms with E-state index in [9.17, 15) is 5.11 Å². The summed E-state index contributed by atoms with van der Waals surface area (Å²) in [4.78, 5) is 0. The van der Waals surface area contributed by atoms with Crippen LogP contribution in [0.4, 0.5) is 0 Å². The number of aliphatic hydroxyl groups excluding tert-OH is 1. The Morgan fingerprint density at radius 3 is 2.20 bits per heavy atom. The molecule has 2 aliphatic rings. The zero-order chi connectivity index (χ0) is 6.97. The molecule has 10 heavy (non-hydrogen) atoms. The minimum Gasteiger partial charge on any atom is -0.393 e. The highest BCUT2D eigenvalue weighted by Gasteiger charge is 2.30. The Morgan fingerprint density at radius 1 is 1.00 bits per heavy atom. The molecule has 2 N–H and O–H groups in total. The van der Waals surface area contributed by atoms with E-state index in [2.05, 4.69) is 5.32 Å². The van der Waals surface area contributed by atoms with Crippen LogP contribution >= 0.6 is 0 Å². The number of hydrogen-bond donors (Lipinski definition) is 2. The summed E-state index contributed by atoms with van der Waals surface area (Å²) in [5.41, 5.74) is 0. The number of nitrogens with one attached hydrogen (secondary N) is 1. The van der Waals surface area contributed by atoms with Crippen molar-refractivity contribution < 1.29 is 5.11 Å². The third-order valence-corrected chi connectivity index (χ3v) is 2.74. The number of hydrogen-bond acceptors (Lipinski definition) is 2. The van der Waals surface area contributed by atoms with Gasteiger partial charge in [0.2, 0.25) is 0 Å². The molecular formula is C8H15NO. The Balaban J connectivity index is 1.98. The standard InChI is InChI=1S/C8H15NO/c10-8-2-6-1-7(3-8)5-9-4-6/h6-10H,1-5H2/t6-,7+,8?. The van der Waals surface area contributed by atoms with Crippen LogP contribution in [0.3, 0.4) is 0 Å². The SMILES string of the molecule is OC1C[C@H]2CNC[C@@H](C1)C2. The second-order valence-corrected chi connectivity index (χ2v) is 3.75. The van der Waals surface area contributed by atoms with Crippen LogP contribution in [-0.2, 0) is 0 Å². The van der Waals surface area contributed by atoms with E-state index in [4.69, 9.17) is 0 Å². The first-order chi connectivity index (χ1) is 4.84. The van der Waals surface area contributed by atoms with Crippen molar-refractivity contribution in [2.45, 2.75) is 25.4 Å². The Morgan fingerprint density at radius 2 is 1.60 bits per heavy atom. The van der Waals surface area contributed by atoms with Gasteiger partial charge < -0.3 is 10.4 Å². The Hall–Kier alpha value is -0.0800. The molecule has 1 aliphatic heterocycles. The van der Waals surface area contributed by atoms with Crippen molar-refractivity contribution >= 4 is 0 Å². The maximum absolute atomic E-state index is 9.39. The van der Waals surface area contributed by atoms with Gasteiger partial charge in [-0.25, -0.2) is 0 Å². The quantitative estimate of drug-likeness (QED) is 0.510. The van der Waals surface area contributed by atoms with Crippen LogP contribution in [0.25, 0.3) is 0 Å². The van der Waals surface area contributed by atoms with E-state index >= 15 is 0 Å². The van der Waals surface area contributed by atoms with Gasteiger partial charge in [-0.1, -0.05) is 0 Å². The lowest BCUT2D eigenvalue weighted by Gasteiger charge is -2.37. The first kappa shape index (κ1) is 6.62. The van der Waals surface area contributed by atoms with E-state index < -0.39 is 0 Å². The van der Waals surface area contributed by atoms with E-state index in [1.807, 2.05) is 0 Å². The number of aliphatic hydroxyl groups is 1. The number of rotatable bonds is 0. The molecule has 58 valence electrons. The fraction of sp³-hybridized carbons (Fsp3) is 1.00. The minimum atomic E-state index is 0.00542. The molecule has 0 spiro atoms. The Kier molecular flexibility index (Phi) is 1.66. The maximum Gasteiger partial charge on any atom is 0.0546 e. The summed E-state index contributed by atoms with van der Waals surface area (Å²) in [6, 6.07) is 0. The van der Waals surface area contributed by atoms with Crippen LogP contribution < -0.4 is 5.32 Å². The van der Waals surface area contributed by atoms with Gasteiger partial charge in [0, 0.05) is 0 Å². The molecule has 3 atom stereocenters. The van der Waals surface area contributed by atoms with Crippen LogP contribution in [0.1, 0.15) is 19.3 Å². The summed E-state index contributed by atoms with van der Waals surface area (Å²) in [6.45, 7) is 2.26. The van der Waals surface area contributed by atoms with Gasteiger partial charge >= 0.3 is 0 Å². The van der Waals surface area contributed by atoms with Crippen molar-refractivity contribution in [3.8, 4) is 0 Å². The Labute approximate surface area is 61.6 Å². The lowest BCUT2D eigenvalue weighted by atomic mass is 9.77. The van der Waals surface area contributed by atoms with Gasteiger partial charge in [0.05, 0.1) is 6.10 Å². The van der Waals surface area contributed by atoms with Crippen molar-refractivity contribution in [3.05, 3.63) is 0 Å². The molecule has 0 aromatic carbocycles. The predicted octanol–water partition coefficient (Wildman–Crippen LogP) is 0.367. The third-order valence-electron chi connectivity index (χ3n) is 2.74. The highest BCUT2D eigenvalue weighted by Crippen LogP contribution is 2.30. The predicted molar refractivity (Wildman–Crippen MR) is 39.7 cm³/mol. The minimum absolute atomic E-state index is 0.00542. The lowest BCUT2D eigenvalue weighted by molar-refractivity contribution is 0.0535. The summed E-state index contributed by atoms with van der Waals surface area (Å²) in [7, 11) is 0. The van der Waals surface area contributed by atoms with Gasteiger partial charge in [0.1, 0.15) is 0 Å². The fourth-order valence-electron chi connectivity index (χ4n) is 2.35. The van der Waals surface area contributed by atoms with Crippen molar-refractivity contribution in [1.29, 1.82) is 0 Å². The molecular weight excluding hydrogens is 126 g/mol. The summed E-state index contributed by atoms with van der Waals surface area (Å²) in [6.07, 6.45) is 3.42. The van der Waals surface area contributed by atoms with Crippen LogP contribution in [0.5, 0.6) is 0 Å². The molecule has 2 fully saturated rings. The van der Waals surface area contributed by atoms with Gasteiger partial charge in [0.25, 0.3) is 0 Å². The topological polar surface area (TPSA) is 32.3 Å². The first-order valence-electron chi connectivity index (χ1n) is 4.23. The molecule has 0 aromatic rings. The summed E-state index contributed by atoms with van der Waals surface area (Å²) in [5.74, 6) is 1.53. The van der Waals surface area contributed by atoms with Gasteiger partial charge in [0.15, 0.2) is 0 Å². The van der Waals surface area contributed by atoms with E-state index in [0.29, 0.717) is 0 Å². The van der Waals surface area contributed by atoms with Crippen molar-refractivity contribution in [2.75, 3.05) is 13.1 Å². The lowest BCUT2D eigenvalue weighted by Crippen LogP contribution is -2.42. The second-order valence-electron chi connectivity index (χ2n) is 3.75. The molecule has 1 saturated carbocycles. The Bertz CT molecular complexity index is 110. The van der Waals surface area contributed by atoms with E-state index in [1.165, 1.54) is 6.42 Å². The van der Waals surface area contributed by atoms with Crippen LogP contribution in [0.2, 0.25) is 0 Å². The molecule has 0 amide bonds. The van der Waals surface area contributed by atoms with E-state index in [0.717, 1.165) is 37.8 Å². The average Bonchev–Trinajstić information content (AvgIpc) is 1.85. The summed E-state index contributed by atoms with van der Waals surface area (Å²) in [5, 5.41) is 12.8. The zero-order valence-electron chi connectivity index (χ0n) is 6.21. The highest BCUT2D eigenvalue weighted by molar-refractivity contribution is 4.84. The molecule has 1 saturated heterocycles. The second kappa shape index (κ2) is 2.51. The van der Waals surface area contributed by atoms with Crippen LogP contribution in [0, 0.1) is 11.8 Å². The highest BCUT2D eigenvalue weighted by atomic mass is 16.3. The van der Waals surface area contributed by atoms with Gasteiger partial charge in [-0.2, -0.15) is 0 Å². The molecule has 2 nitrogen and oxygen atoms in total. The molecule has 0 aromatic heterocycles. The fourth-order valence-corrected chi connectivity index (χ4v) is 2.35. The van der Waals surface area contributed by atoms with Crippen molar-refractivity contribution in [2.24, 2.45) is 11.8 Å². The maximum atomic E-state index is 9.39. The zero-order valence-corrected chi connectivity index (χ0v) is 6.21. The van der Waals surface area contributed by atoms with Crippen LogP contribution in [0.15, 0.2) is 0 Å². The van der Waals surface area contributed by atoms with E-state index in [-0.39, 0.29) is 6.10 Å². The number of fused-ring (bicyclic) bond motifs is 2. The molecule has 2 bridgehead atoms. The average molecular weight is 141 g/mol. The normalized spacial score (nSPS) is 47.1. The molecule has 2 heteroatoms. The molecule has 1 heterocycles. The monoisotopic (exact) mass is 141 g/mol. The molecule has 1 unspecified atom stereocenters. The number of piperidine rings is 1. The third kappa shape index (κ3) is 1.18. The smallest absolute Gasteiger partial charge is 0.0546 e. The molecule has 0 radical (unpaired) electrons. The van der Waals surface area contributed by atoms with Crippen molar-refractivity contribution in [3.63, 3.8) is 0 Å². The summed E-state index contributed by atoms with van der Waals surface area (Å²) >= 11 is 0.